The Kier molecular flexibility index (Phi) is 2.72. The quantitative estimate of drug-likeness (QED) is 0.782. The molecule has 3 rings (SSSR count). The molecule has 1 unspecified atom stereocenters. The maximum absolute atomic E-state index is 4.69. The van der Waals surface area contributed by atoms with Crippen LogP contribution in [0.3, 0.4) is 0 Å². The van der Waals surface area contributed by atoms with E-state index in [0.29, 0.717) is 5.92 Å². The zero-order chi connectivity index (χ0) is 11.0. The molecule has 1 aromatic heterocycles. The summed E-state index contributed by atoms with van der Waals surface area (Å²) in [6.07, 6.45) is 7.17. The average Bonchev–Trinajstić information content (AvgIpc) is 2.73. The van der Waals surface area contributed by atoms with E-state index in [4.69, 9.17) is 4.98 Å². The lowest BCUT2D eigenvalue weighted by atomic mass is 9.95. The van der Waals surface area contributed by atoms with E-state index in [1.165, 1.54) is 43.7 Å². The maximum atomic E-state index is 4.69. The van der Waals surface area contributed by atoms with E-state index < -0.39 is 0 Å². The molecule has 0 bridgehead atoms. The normalized spacial score (nSPS) is 26.7. The van der Waals surface area contributed by atoms with Crippen molar-refractivity contribution >= 4 is 0 Å². The molecule has 1 aromatic rings. The standard InChI is InChI=1S/C13H21N3/c1-10-4-7-16-12(8-10)9-15-13(16)11-2-5-14-6-3-11/h9-11,14H,2-8H2,1H3. The van der Waals surface area contributed by atoms with E-state index in [1.807, 2.05) is 0 Å². The Morgan fingerprint density at radius 2 is 2.12 bits per heavy atom. The van der Waals surface area contributed by atoms with Crippen LogP contribution in [0.2, 0.25) is 0 Å². The molecular weight excluding hydrogens is 198 g/mol. The fourth-order valence-electron chi connectivity index (χ4n) is 3.06. The van der Waals surface area contributed by atoms with Crippen LogP contribution in [-0.2, 0) is 13.0 Å². The Morgan fingerprint density at radius 1 is 1.31 bits per heavy atom. The molecule has 1 N–H and O–H groups in total. The van der Waals surface area contributed by atoms with Gasteiger partial charge >= 0.3 is 0 Å². The SMILES string of the molecule is CC1CCn2c(cnc2C2CCNCC2)C1. The highest BCUT2D eigenvalue weighted by Crippen LogP contribution is 2.29. The summed E-state index contributed by atoms with van der Waals surface area (Å²) in [6, 6.07) is 0. The first kappa shape index (κ1) is 10.3. The third-order valence-electron chi connectivity index (χ3n) is 4.08. The minimum absolute atomic E-state index is 0.698. The van der Waals surface area contributed by atoms with Crippen molar-refractivity contribution in [3.05, 3.63) is 17.7 Å². The number of rotatable bonds is 1. The van der Waals surface area contributed by atoms with Gasteiger partial charge in [0.05, 0.1) is 0 Å². The summed E-state index contributed by atoms with van der Waals surface area (Å²) in [7, 11) is 0. The van der Waals surface area contributed by atoms with Crippen molar-refractivity contribution in [3.63, 3.8) is 0 Å². The number of nitrogens with one attached hydrogen (secondary N) is 1. The van der Waals surface area contributed by atoms with E-state index in [9.17, 15) is 0 Å². The molecule has 2 aliphatic heterocycles. The molecule has 0 aromatic carbocycles. The van der Waals surface area contributed by atoms with Crippen molar-refractivity contribution in [1.82, 2.24) is 14.9 Å². The lowest BCUT2D eigenvalue weighted by molar-refractivity contribution is 0.380. The van der Waals surface area contributed by atoms with Crippen LogP contribution in [0.15, 0.2) is 6.20 Å². The minimum atomic E-state index is 0.698. The van der Waals surface area contributed by atoms with Crippen molar-refractivity contribution in [2.24, 2.45) is 5.92 Å². The zero-order valence-electron chi connectivity index (χ0n) is 10.1. The second kappa shape index (κ2) is 4.21. The lowest BCUT2D eigenvalue weighted by Crippen LogP contribution is -2.29. The van der Waals surface area contributed by atoms with E-state index in [2.05, 4.69) is 23.0 Å². The van der Waals surface area contributed by atoms with Gasteiger partial charge in [-0.05, 0) is 44.7 Å². The number of imidazole rings is 1. The Balaban J connectivity index is 1.85. The van der Waals surface area contributed by atoms with Gasteiger partial charge in [-0.15, -0.1) is 0 Å². The summed E-state index contributed by atoms with van der Waals surface area (Å²) in [4.78, 5) is 4.69. The van der Waals surface area contributed by atoms with E-state index >= 15 is 0 Å². The maximum Gasteiger partial charge on any atom is 0.112 e. The highest BCUT2D eigenvalue weighted by Gasteiger charge is 2.24. The van der Waals surface area contributed by atoms with E-state index in [1.54, 1.807) is 0 Å². The zero-order valence-corrected chi connectivity index (χ0v) is 10.1. The largest absolute Gasteiger partial charge is 0.332 e. The van der Waals surface area contributed by atoms with Crippen molar-refractivity contribution in [1.29, 1.82) is 0 Å². The lowest BCUT2D eigenvalue weighted by Gasteiger charge is -2.27. The van der Waals surface area contributed by atoms with Crippen LogP contribution in [0, 0.1) is 5.92 Å². The van der Waals surface area contributed by atoms with Gasteiger partial charge in [-0.3, -0.25) is 0 Å². The summed E-state index contributed by atoms with van der Waals surface area (Å²) >= 11 is 0. The molecule has 3 heterocycles. The van der Waals surface area contributed by atoms with Crippen LogP contribution in [0.4, 0.5) is 0 Å². The minimum Gasteiger partial charge on any atom is -0.332 e. The number of nitrogens with zero attached hydrogens (tertiary/aromatic N) is 2. The van der Waals surface area contributed by atoms with Gasteiger partial charge in [0, 0.05) is 24.4 Å². The molecule has 88 valence electrons. The monoisotopic (exact) mass is 219 g/mol. The first-order valence-corrected chi connectivity index (χ1v) is 6.59. The molecule has 0 spiro atoms. The molecule has 0 aliphatic carbocycles. The van der Waals surface area contributed by atoms with Gasteiger partial charge in [0.25, 0.3) is 0 Å². The second-order valence-corrected chi connectivity index (χ2v) is 5.38. The summed E-state index contributed by atoms with van der Waals surface area (Å²) in [5.41, 5.74) is 1.47. The number of piperidine rings is 1. The molecule has 16 heavy (non-hydrogen) atoms. The van der Waals surface area contributed by atoms with Crippen LogP contribution in [0.1, 0.15) is 43.6 Å². The van der Waals surface area contributed by atoms with Gasteiger partial charge in [-0.2, -0.15) is 0 Å². The number of hydrogen-bond acceptors (Lipinski definition) is 2. The van der Waals surface area contributed by atoms with Crippen molar-refractivity contribution in [3.8, 4) is 0 Å². The highest BCUT2D eigenvalue weighted by atomic mass is 15.1. The summed E-state index contributed by atoms with van der Waals surface area (Å²) in [5.74, 6) is 2.90. The Labute approximate surface area is 97.3 Å². The number of fused-ring (bicyclic) bond motifs is 1. The van der Waals surface area contributed by atoms with Crippen LogP contribution in [-0.4, -0.2) is 22.6 Å². The molecule has 0 radical (unpaired) electrons. The van der Waals surface area contributed by atoms with Gasteiger partial charge in [0.2, 0.25) is 0 Å². The van der Waals surface area contributed by atoms with Gasteiger partial charge < -0.3 is 9.88 Å². The molecule has 3 heteroatoms. The molecule has 0 amide bonds. The first-order valence-electron chi connectivity index (χ1n) is 6.59. The van der Waals surface area contributed by atoms with Gasteiger partial charge in [0.15, 0.2) is 0 Å². The average molecular weight is 219 g/mol. The molecule has 1 fully saturated rings. The molecule has 2 aliphatic rings. The molecule has 3 nitrogen and oxygen atoms in total. The predicted molar refractivity (Wildman–Crippen MR) is 64.6 cm³/mol. The fourth-order valence-corrected chi connectivity index (χ4v) is 3.06. The molecular formula is C13H21N3. The van der Waals surface area contributed by atoms with Crippen molar-refractivity contribution < 1.29 is 0 Å². The predicted octanol–water partition coefficient (Wildman–Crippen LogP) is 1.93. The van der Waals surface area contributed by atoms with E-state index in [0.717, 1.165) is 19.0 Å². The van der Waals surface area contributed by atoms with Crippen LogP contribution in [0.5, 0.6) is 0 Å². The third kappa shape index (κ3) is 1.77. The van der Waals surface area contributed by atoms with Crippen LogP contribution in [0.25, 0.3) is 0 Å². The van der Waals surface area contributed by atoms with E-state index in [-0.39, 0.29) is 0 Å². The van der Waals surface area contributed by atoms with Gasteiger partial charge in [-0.1, -0.05) is 6.92 Å². The summed E-state index contributed by atoms with van der Waals surface area (Å²) in [6.45, 7) is 5.85. The summed E-state index contributed by atoms with van der Waals surface area (Å²) in [5, 5.41) is 3.43. The van der Waals surface area contributed by atoms with Crippen molar-refractivity contribution in [2.75, 3.05) is 13.1 Å². The second-order valence-electron chi connectivity index (χ2n) is 5.38. The van der Waals surface area contributed by atoms with Gasteiger partial charge in [0.1, 0.15) is 5.82 Å². The number of aromatic nitrogens is 2. The topological polar surface area (TPSA) is 29.9 Å². The van der Waals surface area contributed by atoms with Gasteiger partial charge in [-0.25, -0.2) is 4.98 Å². The van der Waals surface area contributed by atoms with Crippen molar-refractivity contribution in [2.45, 2.75) is 45.1 Å². The molecule has 1 saturated heterocycles. The smallest absolute Gasteiger partial charge is 0.112 e. The first-order chi connectivity index (χ1) is 7.84. The summed E-state index contributed by atoms with van der Waals surface area (Å²) < 4.78 is 2.50. The molecule has 1 atom stereocenters. The van der Waals surface area contributed by atoms with Crippen LogP contribution < -0.4 is 5.32 Å². The molecule has 0 saturated carbocycles. The Bertz CT molecular complexity index is 363. The Morgan fingerprint density at radius 3 is 2.94 bits per heavy atom. The third-order valence-corrected chi connectivity index (χ3v) is 4.08. The Hall–Kier alpha value is -0.830. The fraction of sp³-hybridized carbons (Fsp3) is 0.769. The van der Waals surface area contributed by atoms with Crippen LogP contribution >= 0.6 is 0 Å². The highest BCUT2D eigenvalue weighted by molar-refractivity contribution is 5.12. The number of hydrogen-bond donors (Lipinski definition) is 1.